The standard InChI is InChI=1S/C63H9Si/c1-64(2)3-63-60-56-50-36-28-20-8-5-4-6-9(8)21-23-19-13(6)15-11-7(4)10-14-12(5)18-22(20)34(36)42-40-26(18)24(14)32-30-16(10)17(11)31-33-25(15)27(19)41-43-35(23)37(29(21)28)51(50)57(60)53(43)55-47(41)45(33)49-39(31)38(30)48-44(32)46(40)54(52(42)56)61(63)58(48)59(49)62(55)63/h60H,3H2,1-2H3. The van der Waals surface area contributed by atoms with Gasteiger partial charge in [0.25, 0.3) is 0 Å². The van der Waals surface area contributed by atoms with Gasteiger partial charge >= 0.3 is 0 Å². The number of rotatable bonds is 2. The molecule has 265 valence electrons. The minimum absolute atomic E-state index is 0.0246. The average molecular weight is 794 g/mol. The lowest BCUT2D eigenvalue weighted by molar-refractivity contribution is 0.521. The van der Waals surface area contributed by atoms with Gasteiger partial charge in [-0.1, -0.05) is 13.1 Å². The second-order valence-corrected chi connectivity index (χ2v) is 27.4. The summed E-state index contributed by atoms with van der Waals surface area (Å²) in [5, 5.41) is 91.9. The van der Waals surface area contributed by atoms with Gasteiger partial charge in [-0.3, -0.25) is 0 Å². The Bertz CT molecular complexity index is 6690. The van der Waals surface area contributed by atoms with Crippen LogP contribution in [0.4, 0.5) is 0 Å². The molecule has 64 heavy (non-hydrogen) atoms. The Morgan fingerprint density at radius 3 is 0.547 bits per heavy atom. The van der Waals surface area contributed by atoms with E-state index in [1.165, 1.54) is 6.04 Å². The van der Waals surface area contributed by atoms with Crippen molar-refractivity contribution in [1.82, 2.24) is 0 Å². The van der Waals surface area contributed by atoms with Gasteiger partial charge in [0.05, 0.1) is 0 Å². The van der Waals surface area contributed by atoms with Crippen molar-refractivity contribution in [2.75, 3.05) is 0 Å². The smallest absolute Gasteiger partial charge is 0.0425 e. The van der Waals surface area contributed by atoms with Crippen LogP contribution >= 0.6 is 0 Å². The molecular formula is C63H9Si. The Balaban J connectivity index is 1.29. The summed E-state index contributed by atoms with van der Waals surface area (Å²) in [5.74, 6) is 0.401. The van der Waals surface area contributed by atoms with E-state index < -0.39 is 8.80 Å². The highest BCUT2D eigenvalue weighted by Crippen LogP contribution is 2.84. The average Bonchev–Trinajstić information content (AvgIpc) is 4.12. The maximum absolute atomic E-state index is 2.69. The highest BCUT2D eigenvalue weighted by atomic mass is 28.3. The van der Waals surface area contributed by atoms with Gasteiger partial charge < -0.3 is 0 Å². The lowest BCUT2D eigenvalue weighted by Crippen LogP contribution is -2.39. The van der Waals surface area contributed by atoms with Crippen LogP contribution in [0.3, 0.4) is 0 Å². The zero-order chi connectivity index (χ0) is 37.8. The number of hydrogen-bond acceptors (Lipinski definition) is 0. The second kappa shape index (κ2) is 5.16. The Morgan fingerprint density at radius 2 is 0.359 bits per heavy atom. The maximum Gasteiger partial charge on any atom is 0.0425 e. The van der Waals surface area contributed by atoms with Gasteiger partial charge in [0.2, 0.25) is 0 Å². The molecule has 4 aliphatic carbocycles. The Labute approximate surface area is 350 Å². The molecule has 0 atom stereocenters. The molecule has 0 nitrogen and oxygen atoms in total. The molecule has 28 aromatic carbocycles. The van der Waals surface area contributed by atoms with Gasteiger partial charge in [0.1, 0.15) is 0 Å². The predicted molar refractivity (Wildman–Crippen MR) is 277 cm³/mol. The van der Waals surface area contributed by atoms with Gasteiger partial charge in [0, 0.05) is 20.1 Å². The molecule has 32 rings (SSSR count). The molecule has 0 saturated carbocycles. The van der Waals surface area contributed by atoms with Gasteiger partial charge in [-0.25, -0.2) is 0 Å². The molecule has 0 N–H and O–H groups in total. The van der Waals surface area contributed by atoms with Crippen molar-refractivity contribution < 1.29 is 0 Å². The Hall–Kier alpha value is -7.32. The minimum Gasteiger partial charge on any atom is -0.0712 e. The molecule has 0 spiro atoms. The van der Waals surface area contributed by atoms with Crippen molar-refractivity contribution in [3.8, 4) is 0 Å². The van der Waals surface area contributed by atoms with Crippen LogP contribution in [0, 0.1) is 0 Å². The van der Waals surface area contributed by atoms with Gasteiger partial charge in [-0.05, 0) is 319 Å². The van der Waals surface area contributed by atoms with Crippen LogP contribution in [-0.4, -0.2) is 8.80 Å². The van der Waals surface area contributed by atoms with E-state index in [0.29, 0.717) is 5.92 Å². The molecule has 1 heteroatoms. The molecule has 0 unspecified atom stereocenters. The van der Waals surface area contributed by atoms with E-state index in [9.17, 15) is 0 Å². The third-order valence-corrected chi connectivity index (χ3v) is 25.2. The van der Waals surface area contributed by atoms with Crippen LogP contribution in [0.1, 0.15) is 28.2 Å². The summed E-state index contributed by atoms with van der Waals surface area (Å²) >= 11 is 0. The van der Waals surface area contributed by atoms with Gasteiger partial charge in [-0.15, -0.1) is 0 Å². The SMILES string of the molecule is C[Si](C)CC12c3c4c5c6c7c8c(c9c%10c1c1c3c3c%11c4c4c5c5c7c7c%12c8c8c9c9c%10c%10c1c1c3c3c%11c%11c4c4c5c7c5c7c%12c8c8c9c9c%10c1c1c3c3c%11c4c5c4c7c8c9c1c34)C62. The molecule has 0 heterocycles. The first kappa shape index (κ1) is 23.4. The summed E-state index contributed by atoms with van der Waals surface area (Å²) in [4.78, 5) is 0. The number of benzene rings is 18. The molecule has 0 bridgehead atoms. The molecule has 1 radical (unpaired) electrons. The molecule has 4 aliphatic rings. The maximum atomic E-state index is 2.69. The van der Waals surface area contributed by atoms with Crippen molar-refractivity contribution in [2.24, 2.45) is 0 Å². The van der Waals surface area contributed by atoms with Crippen molar-refractivity contribution in [2.45, 2.75) is 30.5 Å². The highest BCUT2D eigenvalue weighted by Gasteiger charge is 2.63. The summed E-state index contributed by atoms with van der Waals surface area (Å²) in [6, 6.07) is 1.33. The lowest BCUT2D eigenvalue weighted by atomic mass is 9.58. The zero-order valence-electron chi connectivity index (χ0n) is 33.3. The predicted octanol–water partition coefficient (Wildman–Crippen LogP) is 17.9. The highest BCUT2D eigenvalue weighted by molar-refractivity contribution is 6.82. The lowest BCUT2D eigenvalue weighted by Gasteiger charge is -2.46. The van der Waals surface area contributed by atoms with Crippen LogP contribution < -0.4 is 0 Å². The Morgan fingerprint density at radius 1 is 0.219 bits per heavy atom. The summed E-state index contributed by atoms with van der Waals surface area (Å²) in [7, 11) is -0.692. The van der Waals surface area contributed by atoms with Crippen LogP contribution in [-0.2, 0) is 5.41 Å². The topological polar surface area (TPSA) is 0 Å². The van der Waals surface area contributed by atoms with Crippen molar-refractivity contribution >= 4 is 300 Å². The van der Waals surface area contributed by atoms with Crippen molar-refractivity contribution in [1.29, 1.82) is 0 Å². The zero-order valence-corrected chi connectivity index (χ0v) is 34.3. The van der Waals surface area contributed by atoms with E-state index in [1.54, 1.807) is 291 Å². The van der Waals surface area contributed by atoms with E-state index in [0.717, 1.165) is 0 Å². The summed E-state index contributed by atoms with van der Waals surface area (Å²) < 4.78 is 0. The summed E-state index contributed by atoms with van der Waals surface area (Å²) in [6.45, 7) is 5.38. The first-order valence-electron chi connectivity index (χ1n) is 24.3. The molecule has 0 fully saturated rings. The van der Waals surface area contributed by atoms with E-state index in [4.69, 9.17) is 0 Å². The summed E-state index contributed by atoms with van der Waals surface area (Å²) in [6.07, 6.45) is 0. The summed E-state index contributed by atoms with van der Waals surface area (Å²) in [5.41, 5.74) is 7.30. The molecule has 0 saturated heterocycles. The third kappa shape index (κ3) is 1.19. The monoisotopic (exact) mass is 793 g/mol. The van der Waals surface area contributed by atoms with Crippen LogP contribution in [0.2, 0.25) is 19.1 Å². The first-order chi connectivity index (χ1) is 31.8. The van der Waals surface area contributed by atoms with Crippen LogP contribution in [0.25, 0.3) is 291 Å². The van der Waals surface area contributed by atoms with Gasteiger partial charge in [0.15, 0.2) is 0 Å². The first-order valence-corrected chi connectivity index (χ1v) is 27.0. The second-order valence-electron chi connectivity index (χ2n) is 24.6. The van der Waals surface area contributed by atoms with E-state index in [-0.39, 0.29) is 5.41 Å². The molecule has 0 aromatic heterocycles. The molecular weight excluding hydrogens is 785 g/mol. The minimum atomic E-state index is -0.692. The van der Waals surface area contributed by atoms with Gasteiger partial charge in [-0.2, -0.15) is 0 Å². The van der Waals surface area contributed by atoms with E-state index >= 15 is 0 Å². The fraction of sp³-hybridized carbons (Fsp3) is 0.0794. The normalized spacial score (nSPS) is 21.7. The molecule has 0 amide bonds. The van der Waals surface area contributed by atoms with Crippen molar-refractivity contribution in [3.63, 3.8) is 0 Å². The fourth-order valence-corrected chi connectivity index (χ4v) is 25.9. The van der Waals surface area contributed by atoms with E-state index in [2.05, 4.69) is 13.1 Å². The number of hydrogen-bond donors (Lipinski definition) is 0. The van der Waals surface area contributed by atoms with E-state index in [1.807, 2.05) is 22.3 Å². The molecule has 0 aliphatic heterocycles. The van der Waals surface area contributed by atoms with Crippen molar-refractivity contribution in [3.05, 3.63) is 22.3 Å². The fourth-order valence-electron chi connectivity index (χ4n) is 24.2. The largest absolute Gasteiger partial charge is 0.0712 e. The molecule has 28 aromatic rings. The Kier molecular flexibility index (Phi) is 1.88. The quantitative estimate of drug-likeness (QED) is 0.121. The van der Waals surface area contributed by atoms with Crippen LogP contribution in [0.5, 0.6) is 0 Å². The van der Waals surface area contributed by atoms with Crippen LogP contribution in [0.15, 0.2) is 0 Å². The third-order valence-electron chi connectivity index (χ3n) is 23.9.